The van der Waals surface area contributed by atoms with Crippen LogP contribution in [0.4, 0.5) is 5.69 Å². The number of rotatable bonds is 3. The van der Waals surface area contributed by atoms with Crippen molar-refractivity contribution >= 4 is 15.9 Å². The minimum Gasteiger partial charge on any atom is -0.267 e. The van der Waals surface area contributed by atoms with Crippen molar-refractivity contribution in [3.63, 3.8) is 0 Å². The molecule has 0 radical (unpaired) electrons. The number of benzene rings is 1. The molecule has 1 fully saturated rings. The van der Waals surface area contributed by atoms with Crippen LogP contribution in [0.1, 0.15) is 24.6 Å². The van der Waals surface area contributed by atoms with Crippen LogP contribution >= 0.6 is 0 Å². The third-order valence-corrected chi connectivity index (χ3v) is 6.83. The van der Waals surface area contributed by atoms with E-state index in [1.54, 1.807) is 10.5 Å². The van der Waals surface area contributed by atoms with E-state index in [1.165, 1.54) is 4.31 Å². The lowest BCUT2D eigenvalue weighted by atomic mass is 9.98. The van der Waals surface area contributed by atoms with Crippen LogP contribution < -0.4 is 4.31 Å². The van der Waals surface area contributed by atoms with Crippen LogP contribution in [-0.2, 0) is 29.7 Å². The molecule has 128 valence electrons. The maximum absolute atomic E-state index is 13.0. The van der Waals surface area contributed by atoms with Crippen molar-refractivity contribution in [1.29, 1.82) is 0 Å². The molecule has 2 aliphatic heterocycles. The molecule has 0 amide bonds. The van der Waals surface area contributed by atoms with Crippen molar-refractivity contribution in [2.24, 2.45) is 5.92 Å². The van der Waals surface area contributed by atoms with Crippen LogP contribution in [0.3, 0.4) is 0 Å². The van der Waals surface area contributed by atoms with Crippen molar-refractivity contribution in [3.05, 3.63) is 47.8 Å². The van der Waals surface area contributed by atoms with Gasteiger partial charge in [-0.05, 0) is 24.3 Å². The van der Waals surface area contributed by atoms with Crippen LogP contribution in [0.25, 0.3) is 0 Å². The highest BCUT2D eigenvalue weighted by molar-refractivity contribution is 7.90. The highest BCUT2D eigenvalue weighted by Crippen LogP contribution is 2.33. The molecule has 1 aromatic heterocycles. The van der Waals surface area contributed by atoms with Gasteiger partial charge in [0, 0.05) is 26.2 Å². The molecule has 1 unspecified atom stereocenters. The normalized spacial score (nSPS) is 23.4. The predicted octanol–water partition coefficient (Wildman–Crippen LogP) is 2.03. The van der Waals surface area contributed by atoms with E-state index in [2.05, 4.69) is 12.0 Å². The fourth-order valence-corrected chi connectivity index (χ4v) is 5.17. The fraction of sp³-hybridized carbons (Fsp3) is 0.471. The highest BCUT2D eigenvalue weighted by atomic mass is 32.2. The predicted molar refractivity (Wildman–Crippen MR) is 92.8 cm³/mol. The molecule has 6 nitrogen and oxygen atoms in total. The van der Waals surface area contributed by atoms with E-state index in [0.717, 1.165) is 36.3 Å². The second-order valence-electron chi connectivity index (χ2n) is 6.70. The van der Waals surface area contributed by atoms with Crippen molar-refractivity contribution < 1.29 is 8.42 Å². The SMILES string of the molecule is CC1CCn2ncc(N3CCN(Cc4ccccc4)S3(=O)=O)c2C1. The monoisotopic (exact) mass is 346 g/mol. The number of hydrogen-bond donors (Lipinski definition) is 0. The fourth-order valence-electron chi connectivity index (χ4n) is 3.55. The Labute approximate surface area is 142 Å². The van der Waals surface area contributed by atoms with Gasteiger partial charge in [-0.1, -0.05) is 37.3 Å². The van der Waals surface area contributed by atoms with E-state index >= 15 is 0 Å². The van der Waals surface area contributed by atoms with Crippen molar-refractivity contribution in [3.8, 4) is 0 Å². The molecule has 24 heavy (non-hydrogen) atoms. The topological polar surface area (TPSA) is 58.4 Å². The molecule has 0 saturated carbocycles. The summed E-state index contributed by atoms with van der Waals surface area (Å²) in [5, 5.41) is 4.40. The largest absolute Gasteiger partial charge is 0.304 e. The molecule has 2 aliphatic rings. The molecular formula is C17H22N4O2S. The van der Waals surface area contributed by atoms with Gasteiger partial charge >= 0.3 is 10.2 Å². The first-order chi connectivity index (χ1) is 11.6. The Morgan fingerprint density at radius 3 is 2.75 bits per heavy atom. The van der Waals surface area contributed by atoms with E-state index < -0.39 is 10.2 Å². The van der Waals surface area contributed by atoms with Crippen molar-refractivity contribution in [2.75, 3.05) is 17.4 Å². The Kier molecular flexibility index (Phi) is 3.85. The van der Waals surface area contributed by atoms with Crippen LogP contribution in [-0.4, -0.2) is 35.6 Å². The van der Waals surface area contributed by atoms with Gasteiger partial charge in [-0.2, -0.15) is 17.8 Å². The molecule has 1 atom stereocenters. The number of aromatic nitrogens is 2. The lowest BCUT2D eigenvalue weighted by Gasteiger charge is -2.24. The van der Waals surface area contributed by atoms with Gasteiger partial charge in [-0.25, -0.2) is 0 Å². The summed E-state index contributed by atoms with van der Waals surface area (Å²) in [6.07, 6.45) is 3.71. The van der Waals surface area contributed by atoms with E-state index in [-0.39, 0.29) is 0 Å². The molecule has 0 N–H and O–H groups in total. The number of aryl methyl sites for hydroxylation is 1. The van der Waals surface area contributed by atoms with Gasteiger partial charge in [0.25, 0.3) is 0 Å². The lowest BCUT2D eigenvalue weighted by molar-refractivity contribution is 0.392. The number of hydrogen-bond acceptors (Lipinski definition) is 3. The van der Waals surface area contributed by atoms with Crippen LogP contribution in [0.5, 0.6) is 0 Å². The summed E-state index contributed by atoms with van der Waals surface area (Å²) < 4.78 is 31.0. The number of anilines is 1. The molecule has 0 bridgehead atoms. The van der Waals surface area contributed by atoms with E-state index in [4.69, 9.17) is 0 Å². The van der Waals surface area contributed by atoms with E-state index in [0.29, 0.717) is 25.6 Å². The Hall–Kier alpha value is -1.86. The summed E-state index contributed by atoms with van der Waals surface area (Å²) in [5.41, 5.74) is 2.82. The second-order valence-corrected chi connectivity index (χ2v) is 8.55. The zero-order valence-corrected chi connectivity index (χ0v) is 14.6. The van der Waals surface area contributed by atoms with Gasteiger partial charge in [-0.15, -0.1) is 0 Å². The third kappa shape index (κ3) is 2.61. The van der Waals surface area contributed by atoms with Gasteiger partial charge in [-0.3, -0.25) is 8.99 Å². The first-order valence-electron chi connectivity index (χ1n) is 8.42. The van der Waals surface area contributed by atoms with Gasteiger partial charge < -0.3 is 0 Å². The Balaban J connectivity index is 1.61. The van der Waals surface area contributed by atoms with Gasteiger partial charge in [0.2, 0.25) is 0 Å². The molecular weight excluding hydrogens is 324 g/mol. The summed E-state index contributed by atoms with van der Waals surface area (Å²) in [6, 6.07) is 9.73. The standard InChI is InChI=1S/C17H22N4O2S/c1-14-7-8-20-16(11-14)17(12-18-20)21-10-9-19(24(21,22)23)13-15-5-3-2-4-6-15/h2-6,12,14H,7-11,13H2,1H3. The number of nitrogens with zero attached hydrogens (tertiary/aromatic N) is 4. The second kappa shape index (κ2) is 5.89. The average molecular weight is 346 g/mol. The lowest BCUT2D eigenvalue weighted by Crippen LogP contribution is -2.33. The molecule has 1 aromatic carbocycles. The quantitative estimate of drug-likeness (QED) is 0.854. The first-order valence-corrected chi connectivity index (χ1v) is 9.82. The molecule has 0 spiro atoms. The smallest absolute Gasteiger partial charge is 0.267 e. The molecule has 1 saturated heterocycles. The Bertz CT molecular complexity index is 832. The average Bonchev–Trinajstić information content (AvgIpc) is 3.09. The first kappa shape index (κ1) is 15.7. The van der Waals surface area contributed by atoms with Crippen molar-refractivity contribution in [1.82, 2.24) is 14.1 Å². The van der Waals surface area contributed by atoms with Gasteiger partial charge in [0.1, 0.15) is 0 Å². The number of fused-ring (bicyclic) bond motifs is 1. The van der Waals surface area contributed by atoms with Crippen LogP contribution in [0.15, 0.2) is 36.5 Å². The molecule has 4 rings (SSSR count). The van der Waals surface area contributed by atoms with Crippen molar-refractivity contribution in [2.45, 2.75) is 32.9 Å². The minimum absolute atomic E-state index is 0.416. The summed E-state index contributed by atoms with van der Waals surface area (Å²) in [5.74, 6) is 0.568. The van der Waals surface area contributed by atoms with Crippen LogP contribution in [0.2, 0.25) is 0 Å². The summed E-state index contributed by atoms with van der Waals surface area (Å²) in [4.78, 5) is 0. The zero-order chi connectivity index (χ0) is 16.7. The highest BCUT2D eigenvalue weighted by Gasteiger charge is 2.39. The summed E-state index contributed by atoms with van der Waals surface area (Å²) >= 11 is 0. The van der Waals surface area contributed by atoms with E-state index in [1.807, 2.05) is 35.0 Å². The summed E-state index contributed by atoms with van der Waals surface area (Å²) in [6.45, 7) is 4.50. The Morgan fingerprint density at radius 2 is 1.96 bits per heavy atom. The zero-order valence-electron chi connectivity index (χ0n) is 13.8. The maximum Gasteiger partial charge on any atom is 0.304 e. The maximum atomic E-state index is 13.0. The molecule has 3 heterocycles. The molecule has 0 aliphatic carbocycles. The third-order valence-electron chi connectivity index (χ3n) is 4.93. The Morgan fingerprint density at radius 1 is 1.17 bits per heavy atom. The minimum atomic E-state index is -3.49. The van der Waals surface area contributed by atoms with E-state index in [9.17, 15) is 8.42 Å². The molecule has 2 aromatic rings. The van der Waals surface area contributed by atoms with Gasteiger partial charge in [0.05, 0.1) is 17.6 Å². The molecule has 7 heteroatoms. The summed E-state index contributed by atoms with van der Waals surface area (Å²) in [7, 11) is -3.49. The van der Waals surface area contributed by atoms with Gasteiger partial charge in [0.15, 0.2) is 0 Å². The van der Waals surface area contributed by atoms with Crippen LogP contribution in [0, 0.1) is 5.92 Å².